The highest BCUT2D eigenvalue weighted by Gasteiger charge is 2.19. The Morgan fingerprint density at radius 3 is 2.81 bits per heavy atom. The fraction of sp³-hybridized carbons (Fsp3) is 0.259. The minimum atomic E-state index is -0.574. The van der Waals surface area contributed by atoms with Crippen molar-refractivity contribution >= 4 is 29.2 Å². The lowest BCUT2D eigenvalue weighted by molar-refractivity contribution is 0.102. The van der Waals surface area contributed by atoms with Crippen LogP contribution in [-0.2, 0) is 16.0 Å². The van der Waals surface area contributed by atoms with E-state index >= 15 is 0 Å². The van der Waals surface area contributed by atoms with Crippen LogP contribution in [-0.4, -0.2) is 52.6 Å². The monoisotopic (exact) mass is 503 g/mol. The van der Waals surface area contributed by atoms with Crippen molar-refractivity contribution in [1.82, 2.24) is 9.88 Å². The predicted octanol–water partition coefficient (Wildman–Crippen LogP) is 3.78. The summed E-state index contributed by atoms with van der Waals surface area (Å²) < 4.78 is 11.2. The molecule has 1 aliphatic carbocycles. The second-order valence-corrected chi connectivity index (χ2v) is 8.49. The molecule has 2 aromatic rings. The first-order valence-corrected chi connectivity index (χ1v) is 11.9. The number of carbonyl (C=O) groups excluding carboxylic acids is 2. The molecule has 192 valence electrons. The van der Waals surface area contributed by atoms with Gasteiger partial charge in [-0.15, -0.1) is 0 Å². The Balaban J connectivity index is 1.37. The summed E-state index contributed by atoms with van der Waals surface area (Å²) in [5.74, 6) is 0.337. The molecule has 10 heteroatoms. The highest BCUT2D eigenvalue weighted by Crippen LogP contribution is 2.23. The van der Waals surface area contributed by atoms with Gasteiger partial charge >= 0.3 is 6.03 Å². The average Bonchev–Trinajstić information content (AvgIpc) is 2.91. The van der Waals surface area contributed by atoms with Gasteiger partial charge in [0.25, 0.3) is 5.91 Å². The molecule has 1 aromatic carbocycles. The summed E-state index contributed by atoms with van der Waals surface area (Å²) in [6.45, 7) is -0.000964. The van der Waals surface area contributed by atoms with Crippen molar-refractivity contribution in [2.45, 2.75) is 25.8 Å². The van der Waals surface area contributed by atoms with Gasteiger partial charge in [-0.2, -0.15) is 4.99 Å². The fourth-order valence-corrected chi connectivity index (χ4v) is 3.78. The normalized spacial score (nSPS) is 15.8. The molecular weight excluding hydrogens is 474 g/mol. The number of para-hydroxylation sites is 2. The van der Waals surface area contributed by atoms with Gasteiger partial charge in [-0.05, 0) is 36.6 Å². The van der Waals surface area contributed by atoms with Gasteiger partial charge < -0.3 is 30.5 Å². The van der Waals surface area contributed by atoms with E-state index in [0.29, 0.717) is 29.1 Å². The lowest BCUT2D eigenvalue weighted by Crippen LogP contribution is -2.32. The topological polar surface area (TPSA) is 139 Å². The number of ether oxygens (including phenoxy) is 2. The molecule has 0 bridgehead atoms. The number of pyridine rings is 1. The number of allylic oxidation sites excluding steroid dienone is 4. The van der Waals surface area contributed by atoms with E-state index in [1.54, 1.807) is 42.7 Å². The van der Waals surface area contributed by atoms with Gasteiger partial charge in [0.05, 0.1) is 18.0 Å². The summed E-state index contributed by atoms with van der Waals surface area (Å²) in [5, 5.41) is 12.2. The van der Waals surface area contributed by atoms with Gasteiger partial charge in [-0.25, -0.2) is 4.79 Å². The van der Waals surface area contributed by atoms with E-state index in [0.717, 1.165) is 12.8 Å². The number of anilines is 2. The average molecular weight is 504 g/mol. The Morgan fingerprint density at radius 1 is 1.22 bits per heavy atom. The highest BCUT2D eigenvalue weighted by atomic mass is 16.6. The van der Waals surface area contributed by atoms with Crippen molar-refractivity contribution in [3.63, 3.8) is 0 Å². The first kappa shape index (κ1) is 25.6. The maximum Gasteiger partial charge on any atom is 0.347 e. The molecule has 37 heavy (non-hydrogen) atoms. The zero-order chi connectivity index (χ0) is 26.0. The van der Waals surface area contributed by atoms with Crippen LogP contribution in [0.3, 0.4) is 0 Å². The molecular formula is C27H29N5O5. The molecule has 2 aliphatic rings. The number of aliphatic imine (C=N–C) groups is 1. The molecule has 10 nitrogen and oxygen atoms in total. The van der Waals surface area contributed by atoms with Crippen molar-refractivity contribution in [3.05, 3.63) is 89.7 Å². The van der Waals surface area contributed by atoms with Crippen LogP contribution in [0.2, 0.25) is 0 Å². The van der Waals surface area contributed by atoms with Crippen LogP contribution in [0.1, 0.15) is 35.3 Å². The molecule has 0 saturated carbocycles. The first-order valence-electron chi connectivity index (χ1n) is 11.9. The van der Waals surface area contributed by atoms with Crippen LogP contribution >= 0.6 is 0 Å². The number of aromatic nitrogens is 1. The molecule has 0 radical (unpaired) electrons. The van der Waals surface area contributed by atoms with Crippen LogP contribution in [0.4, 0.5) is 16.2 Å². The molecule has 0 saturated heterocycles. The second-order valence-electron chi connectivity index (χ2n) is 8.49. The van der Waals surface area contributed by atoms with Gasteiger partial charge in [0, 0.05) is 25.7 Å². The van der Waals surface area contributed by atoms with Crippen molar-refractivity contribution in [2.75, 3.05) is 30.8 Å². The SMILES string of the molecule is Nc1ccccc1NC(=O)c1ccc(CN(CCO)C(=O)N=C2COC=C(CC3=CC=CCC3)O2)cn1. The van der Waals surface area contributed by atoms with Crippen LogP contribution in [0.15, 0.2) is 83.4 Å². The summed E-state index contributed by atoms with van der Waals surface area (Å²) in [6, 6.07) is 9.61. The van der Waals surface area contributed by atoms with Gasteiger partial charge in [0.2, 0.25) is 5.90 Å². The summed E-state index contributed by atoms with van der Waals surface area (Å²) >= 11 is 0. The molecule has 0 unspecified atom stereocenters. The highest BCUT2D eigenvalue weighted by molar-refractivity contribution is 6.04. The van der Waals surface area contributed by atoms with Crippen LogP contribution < -0.4 is 11.1 Å². The zero-order valence-electron chi connectivity index (χ0n) is 20.3. The predicted molar refractivity (Wildman–Crippen MR) is 140 cm³/mol. The summed E-state index contributed by atoms with van der Waals surface area (Å²) in [5.41, 5.74) is 8.89. The third-order valence-corrected chi connectivity index (χ3v) is 5.67. The Labute approximate surface area is 214 Å². The van der Waals surface area contributed by atoms with Crippen molar-refractivity contribution in [3.8, 4) is 0 Å². The molecule has 2 heterocycles. The number of nitrogen functional groups attached to an aromatic ring is 1. The van der Waals surface area contributed by atoms with E-state index in [-0.39, 0.29) is 37.9 Å². The summed E-state index contributed by atoms with van der Waals surface area (Å²) in [7, 11) is 0. The van der Waals surface area contributed by atoms with E-state index < -0.39 is 11.9 Å². The molecule has 0 atom stereocenters. The molecule has 3 amide bonds. The number of nitrogens with one attached hydrogen (secondary N) is 1. The molecule has 4 N–H and O–H groups in total. The Hall–Kier alpha value is -4.44. The van der Waals surface area contributed by atoms with E-state index in [9.17, 15) is 14.7 Å². The quantitative estimate of drug-likeness (QED) is 0.466. The Kier molecular flexibility index (Phi) is 8.66. The number of hydrogen-bond acceptors (Lipinski definition) is 7. The van der Waals surface area contributed by atoms with Crippen molar-refractivity contribution < 1.29 is 24.2 Å². The van der Waals surface area contributed by atoms with Crippen LogP contribution in [0.25, 0.3) is 0 Å². The maximum atomic E-state index is 12.9. The molecule has 1 aromatic heterocycles. The number of aliphatic hydroxyl groups is 1. The van der Waals surface area contributed by atoms with Crippen molar-refractivity contribution in [2.24, 2.45) is 4.99 Å². The number of urea groups is 1. The van der Waals surface area contributed by atoms with E-state index in [4.69, 9.17) is 15.2 Å². The number of aliphatic hydroxyl groups excluding tert-OH is 1. The largest absolute Gasteiger partial charge is 0.488 e. The minimum Gasteiger partial charge on any atom is -0.488 e. The number of amides is 3. The van der Waals surface area contributed by atoms with E-state index in [2.05, 4.69) is 21.4 Å². The Morgan fingerprint density at radius 2 is 2.08 bits per heavy atom. The molecule has 4 rings (SSSR count). The third kappa shape index (κ3) is 7.28. The van der Waals surface area contributed by atoms with Gasteiger partial charge in [0.1, 0.15) is 17.7 Å². The lowest BCUT2D eigenvalue weighted by Gasteiger charge is -2.22. The summed E-state index contributed by atoms with van der Waals surface area (Å²) in [6.07, 6.45) is 11.7. The van der Waals surface area contributed by atoms with Gasteiger partial charge in [-0.1, -0.05) is 42.0 Å². The Bertz CT molecular complexity index is 1250. The second kappa shape index (κ2) is 12.5. The molecule has 0 fully saturated rings. The smallest absolute Gasteiger partial charge is 0.347 e. The van der Waals surface area contributed by atoms with Gasteiger partial charge in [-0.3, -0.25) is 9.78 Å². The van der Waals surface area contributed by atoms with Crippen LogP contribution in [0.5, 0.6) is 0 Å². The fourth-order valence-electron chi connectivity index (χ4n) is 3.78. The summed E-state index contributed by atoms with van der Waals surface area (Å²) in [4.78, 5) is 35.0. The van der Waals surface area contributed by atoms with E-state index in [1.807, 2.05) is 12.2 Å². The van der Waals surface area contributed by atoms with Crippen molar-refractivity contribution in [1.29, 1.82) is 0 Å². The van der Waals surface area contributed by atoms with Gasteiger partial charge in [0.15, 0.2) is 6.61 Å². The molecule has 0 spiro atoms. The third-order valence-electron chi connectivity index (χ3n) is 5.67. The minimum absolute atomic E-state index is 0.0401. The van der Waals surface area contributed by atoms with E-state index in [1.165, 1.54) is 16.7 Å². The number of benzene rings is 1. The number of rotatable bonds is 8. The maximum absolute atomic E-state index is 12.9. The lowest BCUT2D eigenvalue weighted by atomic mass is 10.0. The number of nitrogens with two attached hydrogens (primary N) is 1. The number of hydrogen-bond donors (Lipinski definition) is 3. The number of carbonyl (C=O) groups is 2. The zero-order valence-corrected chi connectivity index (χ0v) is 20.3. The van der Waals surface area contributed by atoms with Crippen LogP contribution in [0, 0.1) is 0 Å². The standard InChI is InChI=1S/C27H29N5O5/c28-22-8-4-5-9-23(22)30-26(34)24-11-10-20(15-29-24)16-32(12-13-33)27(35)31-25-18-36-17-21(37-25)14-19-6-2-1-3-7-19/h1-2,4-6,8-11,15,17,33H,3,7,12-14,16,18,28H2,(H,30,34). The number of nitrogens with zero attached hydrogens (tertiary/aromatic N) is 3. The molecule has 1 aliphatic heterocycles. The first-order chi connectivity index (χ1) is 18.0.